The number of amides is 1. The van der Waals surface area contributed by atoms with Crippen LogP contribution >= 0.6 is 0 Å². The van der Waals surface area contributed by atoms with Crippen LogP contribution in [0.2, 0.25) is 0 Å². The van der Waals surface area contributed by atoms with Crippen molar-refractivity contribution >= 4 is 11.6 Å². The van der Waals surface area contributed by atoms with Gasteiger partial charge in [-0.15, -0.1) is 0 Å². The Labute approximate surface area is 125 Å². The number of hydrogen-bond acceptors (Lipinski definition) is 4. The first-order valence-electron chi connectivity index (χ1n) is 7.46. The predicted molar refractivity (Wildman–Crippen MR) is 82.2 cm³/mol. The lowest BCUT2D eigenvalue weighted by atomic mass is 9.97. The monoisotopic (exact) mass is 292 g/mol. The summed E-state index contributed by atoms with van der Waals surface area (Å²) in [6.07, 6.45) is 0.428. The standard InChI is InChI=1S/C16H24N2O3/c1-3-21-11-14(20)10-18-8-7-15-13(9-18)5-4-6-16(15)17-12(2)19/h4-6,14,20H,3,7-11H2,1-2H3,(H,17,19)/t14-/m0/s1. The van der Waals surface area contributed by atoms with E-state index < -0.39 is 6.10 Å². The van der Waals surface area contributed by atoms with Gasteiger partial charge in [-0.25, -0.2) is 0 Å². The van der Waals surface area contributed by atoms with Gasteiger partial charge < -0.3 is 15.2 Å². The lowest BCUT2D eigenvalue weighted by Crippen LogP contribution is -2.38. The zero-order chi connectivity index (χ0) is 15.2. The molecule has 0 spiro atoms. The fourth-order valence-corrected chi connectivity index (χ4v) is 2.74. The van der Waals surface area contributed by atoms with Crippen molar-refractivity contribution in [3.8, 4) is 0 Å². The smallest absolute Gasteiger partial charge is 0.221 e. The molecule has 1 heterocycles. The summed E-state index contributed by atoms with van der Waals surface area (Å²) in [4.78, 5) is 13.5. The number of rotatable bonds is 6. The minimum atomic E-state index is -0.454. The SMILES string of the molecule is CCOC[C@@H](O)CN1CCc2c(cccc2NC(C)=O)C1. The van der Waals surface area contributed by atoms with Gasteiger partial charge in [-0.1, -0.05) is 12.1 Å². The molecule has 0 unspecified atom stereocenters. The van der Waals surface area contributed by atoms with Gasteiger partial charge in [0.15, 0.2) is 0 Å². The normalized spacial score (nSPS) is 16.3. The van der Waals surface area contributed by atoms with Crippen molar-refractivity contribution in [1.29, 1.82) is 0 Å². The summed E-state index contributed by atoms with van der Waals surface area (Å²) in [6.45, 7) is 6.75. The minimum absolute atomic E-state index is 0.0435. The third-order valence-electron chi connectivity index (χ3n) is 3.64. The average Bonchev–Trinajstić information content (AvgIpc) is 2.44. The molecule has 1 atom stereocenters. The van der Waals surface area contributed by atoms with E-state index in [-0.39, 0.29) is 5.91 Å². The highest BCUT2D eigenvalue weighted by Crippen LogP contribution is 2.26. The second-order valence-corrected chi connectivity index (χ2v) is 5.42. The maximum absolute atomic E-state index is 11.2. The van der Waals surface area contributed by atoms with Crippen LogP contribution in [0, 0.1) is 0 Å². The number of nitrogens with one attached hydrogen (secondary N) is 1. The summed E-state index contributed by atoms with van der Waals surface area (Å²) in [6, 6.07) is 5.99. The Morgan fingerprint density at radius 1 is 1.52 bits per heavy atom. The minimum Gasteiger partial charge on any atom is -0.389 e. The Morgan fingerprint density at radius 2 is 2.33 bits per heavy atom. The van der Waals surface area contributed by atoms with Gasteiger partial charge in [-0.3, -0.25) is 9.69 Å². The van der Waals surface area contributed by atoms with Gasteiger partial charge in [0.05, 0.1) is 12.7 Å². The number of carbonyl (C=O) groups excluding carboxylic acids is 1. The third-order valence-corrected chi connectivity index (χ3v) is 3.64. The molecule has 1 aromatic rings. The second-order valence-electron chi connectivity index (χ2n) is 5.42. The number of carbonyl (C=O) groups is 1. The van der Waals surface area contributed by atoms with Crippen LogP contribution < -0.4 is 5.32 Å². The zero-order valence-electron chi connectivity index (χ0n) is 12.8. The van der Waals surface area contributed by atoms with E-state index in [0.29, 0.717) is 19.8 Å². The maximum Gasteiger partial charge on any atom is 0.221 e. The number of benzene rings is 1. The molecule has 0 aliphatic carbocycles. The fourth-order valence-electron chi connectivity index (χ4n) is 2.74. The summed E-state index contributed by atoms with van der Waals surface area (Å²) in [5, 5.41) is 12.8. The number of fused-ring (bicyclic) bond motifs is 1. The zero-order valence-corrected chi connectivity index (χ0v) is 12.8. The largest absolute Gasteiger partial charge is 0.389 e. The Balaban J connectivity index is 1.99. The van der Waals surface area contributed by atoms with Crippen LogP contribution in [0.4, 0.5) is 5.69 Å². The summed E-state index contributed by atoms with van der Waals surface area (Å²) in [7, 11) is 0. The van der Waals surface area contributed by atoms with Crippen LogP contribution in [0.1, 0.15) is 25.0 Å². The van der Waals surface area contributed by atoms with Crippen LogP contribution in [0.3, 0.4) is 0 Å². The number of aliphatic hydroxyl groups is 1. The number of nitrogens with zero attached hydrogens (tertiary/aromatic N) is 1. The van der Waals surface area contributed by atoms with Crippen molar-refractivity contribution < 1.29 is 14.6 Å². The second kappa shape index (κ2) is 7.54. The molecule has 5 nitrogen and oxygen atoms in total. The Morgan fingerprint density at radius 3 is 3.05 bits per heavy atom. The van der Waals surface area contributed by atoms with Crippen LogP contribution in [0.5, 0.6) is 0 Å². The molecule has 5 heteroatoms. The van der Waals surface area contributed by atoms with Gasteiger partial charge in [-0.2, -0.15) is 0 Å². The third kappa shape index (κ3) is 4.52. The van der Waals surface area contributed by atoms with Gasteiger partial charge in [0.25, 0.3) is 0 Å². The van der Waals surface area contributed by atoms with Gasteiger partial charge in [-0.05, 0) is 30.5 Å². The maximum atomic E-state index is 11.2. The molecule has 116 valence electrons. The van der Waals surface area contributed by atoms with Crippen molar-refractivity contribution in [3.05, 3.63) is 29.3 Å². The molecule has 1 amide bonds. The van der Waals surface area contributed by atoms with Crippen molar-refractivity contribution in [2.24, 2.45) is 0 Å². The van der Waals surface area contributed by atoms with Crippen LogP contribution in [-0.4, -0.2) is 48.3 Å². The molecular weight excluding hydrogens is 268 g/mol. The molecule has 1 aliphatic rings. The van der Waals surface area contributed by atoms with Crippen LogP contribution in [0.15, 0.2) is 18.2 Å². The lowest BCUT2D eigenvalue weighted by molar-refractivity contribution is -0.114. The first-order chi connectivity index (χ1) is 10.1. The topological polar surface area (TPSA) is 61.8 Å². The first kappa shape index (κ1) is 15.9. The van der Waals surface area contributed by atoms with Crippen molar-refractivity contribution in [3.63, 3.8) is 0 Å². The van der Waals surface area contributed by atoms with Gasteiger partial charge in [0, 0.05) is 38.9 Å². The number of hydrogen-bond donors (Lipinski definition) is 2. The fraction of sp³-hybridized carbons (Fsp3) is 0.562. The summed E-state index contributed by atoms with van der Waals surface area (Å²) >= 11 is 0. The summed E-state index contributed by atoms with van der Waals surface area (Å²) in [5.41, 5.74) is 3.34. The average molecular weight is 292 g/mol. The molecule has 2 N–H and O–H groups in total. The number of ether oxygens (including phenoxy) is 1. The van der Waals surface area contributed by atoms with E-state index in [1.807, 2.05) is 19.1 Å². The molecular formula is C16H24N2O3. The Bertz CT molecular complexity index is 490. The number of anilines is 1. The van der Waals surface area contributed by atoms with Gasteiger partial charge >= 0.3 is 0 Å². The molecule has 1 aromatic carbocycles. The van der Waals surface area contributed by atoms with E-state index in [4.69, 9.17) is 4.74 Å². The van der Waals surface area contributed by atoms with E-state index in [1.165, 1.54) is 18.1 Å². The molecule has 1 aliphatic heterocycles. The molecule has 0 saturated carbocycles. The van der Waals surface area contributed by atoms with E-state index in [2.05, 4.69) is 16.3 Å². The molecule has 0 aromatic heterocycles. The van der Waals surface area contributed by atoms with Crippen molar-refractivity contribution in [2.45, 2.75) is 32.9 Å². The molecule has 0 saturated heterocycles. The molecule has 0 radical (unpaired) electrons. The van der Waals surface area contributed by atoms with E-state index in [0.717, 1.165) is 25.2 Å². The Kier molecular flexibility index (Phi) is 5.73. The van der Waals surface area contributed by atoms with Crippen LogP contribution in [0.25, 0.3) is 0 Å². The number of aliphatic hydroxyl groups excluding tert-OH is 1. The predicted octanol–water partition coefficient (Wildman–Crippen LogP) is 1.40. The van der Waals surface area contributed by atoms with Crippen LogP contribution in [-0.2, 0) is 22.5 Å². The first-order valence-corrected chi connectivity index (χ1v) is 7.46. The van der Waals surface area contributed by atoms with Crippen molar-refractivity contribution in [1.82, 2.24) is 4.90 Å². The van der Waals surface area contributed by atoms with E-state index in [1.54, 1.807) is 0 Å². The quantitative estimate of drug-likeness (QED) is 0.832. The highest BCUT2D eigenvalue weighted by atomic mass is 16.5. The summed E-state index contributed by atoms with van der Waals surface area (Å²) in [5.74, 6) is -0.0435. The van der Waals surface area contributed by atoms with E-state index in [9.17, 15) is 9.90 Å². The summed E-state index contributed by atoms with van der Waals surface area (Å²) < 4.78 is 5.24. The number of β-amino-alcohol motifs (C(OH)–C–C–N with tert-alkyl or cyclic N) is 1. The Hall–Kier alpha value is -1.43. The highest BCUT2D eigenvalue weighted by molar-refractivity contribution is 5.89. The van der Waals surface area contributed by atoms with Gasteiger partial charge in [0.2, 0.25) is 5.91 Å². The highest BCUT2D eigenvalue weighted by Gasteiger charge is 2.20. The molecule has 21 heavy (non-hydrogen) atoms. The molecule has 0 fully saturated rings. The molecule has 2 rings (SSSR count). The van der Waals surface area contributed by atoms with E-state index >= 15 is 0 Å². The van der Waals surface area contributed by atoms with Gasteiger partial charge in [0.1, 0.15) is 0 Å². The van der Waals surface area contributed by atoms with Crippen molar-refractivity contribution in [2.75, 3.05) is 31.6 Å². The lowest BCUT2D eigenvalue weighted by Gasteiger charge is -2.31. The molecule has 0 bridgehead atoms.